The predicted molar refractivity (Wildman–Crippen MR) is 99.5 cm³/mol. The molecule has 0 aliphatic heterocycles. The lowest BCUT2D eigenvalue weighted by molar-refractivity contribution is 1.26. The molecule has 1 aromatic carbocycles. The van der Waals surface area contributed by atoms with Crippen molar-refractivity contribution in [2.24, 2.45) is 5.73 Å². The van der Waals surface area contributed by atoms with E-state index < -0.39 is 0 Å². The van der Waals surface area contributed by atoms with Gasteiger partial charge < -0.3 is 16.4 Å². The van der Waals surface area contributed by atoms with E-state index in [1.165, 1.54) is 22.7 Å². The molecule has 0 radical (unpaired) electrons. The average molecular weight is 355 g/mol. The molecule has 2 aromatic heterocycles. The Bertz CT molecular complexity index is 918. The lowest BCUT2D eigenvalue weighted by atomic mass is 10.3. The summed E-state index contributed by atoms with van der Waals surface area (Å²) in [5.74, 6) is -0.134. The zero-order valence-corrected chi connectivity index (χ0v) is 14.3. The summed E-state index contributed by atoms with van der Waals surface area (Å²) in [4.78, 5) is 14.1. The van der Waals surface area contributed by atoms with E-state index in [4.69, 9.17) is 17.7 Å². The molecule has 0 unspecified atom stereocenters. The minimum atomic E-state index is -0.134. The van der Waals surface area contributed by atoms with E-state index >= 15 is 0 Å². The third-order valence-electron chi connectivity index (χ3n) is 3.02. The number of nitrogens with zero attached hydrogens (tertiary/aromatic N) is 3. The number of nitrogens with two attached hydrogens (primary N) is 1. The zero-order valence-electron chi connectivity index (χ0n) is 12.6. The molecule has 2 heterocycles. The Labute approximate surface area is 146 Å². The van der Waals surface area contributed by atoms with Gasteiger partial charge >= 0.3 is 0 Å². The summed E-state index contributed by atoms with van der Waals surface area (Å²) in [6, 6.07) is 7.22. The van der Waals surface area contributed by atoms with Crippen molar-refractivity contribution < 1.29 is 0 Å². The van der Waals surface area contributed by atoms with Gasteiger partial charge in [0.2, 0.25) is 0 Å². The molecule has 120 valence electrons. The number of guanidine groups is 1. The zero-order chi connectivity index (χ0) is 17.1. The maximum Gasteiger partial charge on any atom is 0.192 e. The Morgan fingerprint density at radius 1 is 1.25 bits per heavy atom. The minimum absolute atomic E-state index is 0.134. The molecular formula is C15H13N7S2. The van der Waals surface area contributed by atoms with E-state index in [1.807, 2.05) is 19.1 Å². The highest BCUT2D eigenvalue weighted by molar-refractivity contribution is 7.25. The first-order chi connectivity index (χ1) is 11.5. The molecule has 0 saturated heterocycles. The van der Waals surface area contributed by atoms with Gasteiger partial charge in [-0.15, -0.1) is 0 Å². The Morgan fingerprint density at radius 3 is 2.67 bits per heavy atom. The molecule has 24 heavy (non-hydrogen) atoms. The van der Waals surface area contributed by atoms with Crippen molar-refractivity contribution in [3.8, 4) is 9.75 Å². The number of benzene rings is 1. The van der Waals surface area contributed by atoms with Crippen LogP contribution in [0, 0.1) is 18.9 Å². The van der Waals surface area contributed by atoms with Gasteiger partial charge in [-0.2, -0.15) is 0 Å². The van der Waals surface area contributed by atoms with Crippen LogP contribution in [-0.2, 0) is 0 Å². The highest BCUT2D eigenvalue weighted by Crippen LogP contribution is 2.38. The molecule has 7 nitrogen and oxygen atoms in total. The smallest absolute Gasteiger partial charge is 0.192 e. The van der Waals surface area contributed by atoms with Gasteiger partial charge in [0.05, 0.1) is 22.0 Å². The Kier molecular flexibility index (Phi) is 4.41. The summed E-state index contributed by atoms with van der Waals surface area (Å²) in [5, 5.41) is 14.5. The van der Waals surface area contributed by atoms with Gasteiger partial charge in [-0.3, -0.25) is 5.41 Å². The number of rotatable bonds is 4. The van der Waals surface area contributed by atoms with E-state index in [0.717, 1.165) is 26.3 Å². The second-order valence-electron chi connectivity index (χ2n) is 4.79. The molecule has 0 fully saturated rings. The van der Waals surface area contributed by atoms with Crippen LogP contribution in [0.1, 0.15) is 5.69 Å². The molecule has 0 aliphatic rings. The van der Waals surface area contributed by atoms with Gasteiger partial charge in [-0.05, 0) is 19.1 Å². The quantitative estimate of drug-likeness (QED) is 0.319. The number of thiazole rings is 2. The topological polar surface area (TPSA) is 104 Å². The molecule has 0 spiro atoms. The van der Waals surface area contributed by atoms with Crippen molar-refractivity contribution >= 4 is 50.3 Å². The third kappa shape index (κ3) is 3.51. The van der Waals surface area contributed by atoms with Gasteiger partial charge in [-0.25, -0.2) is 14.8 Å². The van der Waals surface area contributed by atoms with Gasteiger partial charge in [0, 0.05) is 11.9 Å². The van der Waals surface area contributed by atoms with Crippen LogP contribution in [0.3, 0.4) is 0 Å². The predicted octanol–water partition coefficient (Wildman–Crippen LogP) is 4.17. The fourth-order valence-electron chi connectivity index (χ4n) is 1.97. The first-order valence-corrected chi connectivity index (χ1v) is 8.47. The standard InChI is InChI=1S/C15H13N7S2/c1-8-12(24-15(20-8)22-13(16)17)11-7-19-14(23-11)21-10-5-3-9(18-2)4-6-10/h3-7H,1H3,(H,19,21)(H4,16,17,20,22). The highest BCUT2D eigenvalue weighted by atomic mass is 32.1. The Balaban J connectivity index is 1.79. The van der Waals surface area contributed by atoms with Gasteiger partial charge in [0.15, 0.2) is 21.9 Å². The molecule has 3 aromatic rings. The van der Waals surface area contributed by atoms with Gasteiger partial charge in [0.1, 0.15) is 0 Å². The normalized spacial score (nSPS) is 10.2. The second-order valence-corrected chi connectivity index (χ2v) is 6.82. The molecule has 9 heteroatoms. The largest absolute Gasteiger partial charge is 0.370 e. The van der Waals surface area contributed by atoms with Crippen LogP contribution in [0.2, 0.25) is 0 Å². The lowest BCUT2D eigenvalue weighted by Crippen LogP contribution is -2.20. The maximum absolute atomic E-state index is 7.27. The van der Waals surface area contributed by atoms with E-state index in [2.05, 4.69) is 25.4 Å². The van der Waals surface area contributed by atoms with Crippen LogP contribution in [0.4, 0.5) is 21.6 Å². The fourth-order valence-corrected chi connectivity index (χ4v) is 3.94. The number of aromatic nitrogens is 2. The molecule has 0 atom stereocenters. The van der Waals surface area contributed by atoms with E-state index in [0.29, 0.717) is 10.8 Å². The molecule has 0 aliphatic carbocycles. The van der Waals surface area contributed by atoms with Crippen molar-refractivity contribution in [3.05, 3.63) is 47.6 Å². The fraction of sp³-hybridized carbons (Fsp3) is 0.0667. The third-order valence-corrected chi connectivity index (χ3v) is 5.18. The first kappa shape index (κ1) is 15.9. The summed E-state index contributed by atoms with van der Waals surface area (Å²) in [6.45, 7) is 8.87. The lowest BCUT2D eigenvalue weighted by Gasteiger charge is -2.01. The van der Waals surface area contributed by atoms with Crippen molar-refractivity contribution in [1.29, 1.82) is 5.41 Å². The molecule has 0 bridgehead atoms. The van der Waals surface area contributed by atoms with Gasteiger partial charge in [0.25, 0.3) is 0 Å². The summed E-state index contributed by atoms with van der Waals surface area (Å²) >= 11 is 2.94. The van der Waals surface area contributed by atoms with Crippen LogP contribution in [0.25, 0.3) is 14.6 Å². The maximum atomic E-state index is 7.27. The van der Waals surface area contributed by atoms with Crippen molar-refractivity contribution in [3.63, 3.8) is 0 Å². The molecule has 3 rings (SSSR count). The summed E-state index contributed by atoms with van der Waals surface area (Å²) in [7, 11) is 0. The minimum Gasteiger partial charge on any atom is -0.370 e. The average Bonchev–Trinajstić information content (AvgIpc) is 3.14. The summed E-state index contributed by atoms with van der Waals surface area (Å²) < 4.78 is 0. The number of anilines is 3. The van der Waals surface area contributed by atoms with Crippen LogP contribution in [-0.4, -0.2) is 15.9 Å². The molecule has 0 amide bonds. The highest BCUT2D eigenvalue weighted by Gasteiger charge is 2.13. The van der Waals surface area contributed by atoms with Gasteiger partial charge in [-0.1, -0.05) is 34.8 Å². The number of aryl methyl sites for hydroxylation is 1. The van der Waals surface area contributed by atoms with Crippen LogP contribution >= 0.6 is 22.7 Å². The molecule has 5 N–H and O–H groups in total. The van der Waals surface area contributed by atoms with E-state index in [9.17, 15) is 0 Å². The molecule has 0 saturated carbocycles. The summed E-state index contributed by atoms with van der Waals surface area (Å²) in [5.41, 5.74) is 7.68. The number of nitrogens with one attached hydrogen (secondary N) is 3. The Hall–Kier alpha value is -2.96. The van der Waals surface area contributed by atoms with E-state index in [-0.39, 0.29) is 5.96 Å². The first-order valence-electron chi connectivity index (χ1n) is 6.84. The second kappa shape index (κ2) is 6.66. The van der Waals surface area contributed by atoms with Crippen LogP contribution in [0.5, 0.6) is 0 Å². The summed E-state index contributed by atoms with van der Waals surface area (Å²) in [6.07, 6.45) is 1.79. The molecular weight excluding hydrogens is 342 g/mol. The number of hydrogen-bond acceptors (Lipinski definition) is 6. The Morgan fingerprint density at radius 2 is 2.00 bits per heavy atom. The van der Waals surface area contributed by atoms with Crippen molar-refractivity contribution in [2.75, 3.05) is 10.6 Å². The van der Waals surface area contributed by atoms with Crippen LogP contribution < -0.4 is 16.4 Å². The van der Waals surface area contributed by atoms with Crippen LogP contribution in [0.15, 0.2) is 30.5 Å². The number of hydrogen-bond donors (Lipinski definition) is 4. The van der Waals surface area contributed by atoms with E-state index in [1.54, 1.807) is 18.3 Å². The monoisotopic (exact) mass is 355 g/mol. The SMILES string of the molecule is [C-]#[N+]c1ccc(Nc2ncc(-c3sc(NC(=N)N)nc3C)s2)cc1. The van der Waals surface area contributed by atoms with Crippen molar-refractivity contribution in [2.45, 2.75) is 6.92 Å². The van der Waals surface area contributed by atoms with Crippen molar-refractivity contribution in [1.82, 2.24) is 9.97 Å².